The molecule has 1 aliphatic heterocycles. The highest BCUT2D eigenvalue weighted by molar-refractivity contribution is 9.10. The van der Waals surface area contributed by atoms with Crippen LogP contribution in [0.15, 0.2) is 53.0 Å². The lowest BCUT2D eigenvalue weighted by Gasteiger charge is -2.33. The standard InChI is InChI=1S/C18H21BrN2/c1-14(21-12-10-20-11-13-21)15-2-4-16(5-3-15)17-6-8-18(19)9-7-17/h2-9,14,20H,10-13H2,1H3. The van der Waals surface area contributed by atoms with E-state index in [0.717, 1.165) is 30.7 Å². The van der Waals surface area contributed by atoms with E-state index in [4.69, 9.17) is 0 Å². The van der Waals surface area contributed by atoms with Gasteiger partial charge in [0.25, 0.3) is 0 Å². The number of nitrogens with one attached hydrogen (secondary N) is 1. The van der Waals surface area contributed by atoms with E-state index < -0.39 is 0 Å². The average Bonchev–Trinajstić information content (AvgIpc) is 2.56. The first kappa shape index (κ1) is 14.8. The van der Waals surface area contributed by atoms with Gasteiger partial charge in [0.15, 0.2) is 0 Å². The van der Waals surface area contributed by atoms with E-state index in [-0.39, 0.29) is 0 Å². The van der Waals surface area contributed by atoms with Crippen LogP contribution < -0.4 is 5.32 Å². The van der Waals surface area contributed by atoms with Crippen LogP contribution in [0.1, 0.15) is 18.5 Å². The van der Waals surface area contributed by atoms with Gasteiger partial charge in [-0.1, -0.05) is 52.3 Å². The predicted molar refractivity (Wildman–Crippen MR) is 92.4 cm³/mol. The van der Waals surface area contributed by atoms with Gasteiger partial charge in [-0.25, -0.2) is 0 Å². The SMILES string of the molecule is CC(c1ccc(-c2ccc(Br)cc2)cc1)N1CCNCC1. The fourth-order valence-corrected chi connectivity index (χ4v) is 3.14. The van der Waals surface area contributed by atoms with Crippen LogP contribution >= 0.6 is 15.9 Å². The van der Waals surface area contributed by atoms with Gasteiger partial charge in [-0.15, -0.1) is 0 Å². The van der Waals surface area contributed by atoms with Crippen molar-refractivity contribution in [1.29, 1.82) is 0 Å². The van der Waals surface area contributed by atoms with Crippen LogP contribution in [-0.4, -0.2) is 31.1 Å². The molecule has 0 aromatic heterocycles. The summed E-state index contributed by atoms with van der Waals surface area (Å²) >= 11 is 3.48. The number of hydrogen-bond acceptors (Lipinski definition) is 2. The summed E-state index contributed by atoms with van der Waals surface area (Å²) in [5.41, 5.74) is 3.94. The normalized spacial score (nSPS) is 17.6. The van der Waals surface area contributed by atoms with Gasteiger partial charge < -0.3 is 5.32 Å². The summed E-state index contributed by atoms with van der Waals surface area (Å²) in [6.45, 7) is 6.77. The van der Waals surface area contributed by atoms with Gasteiger partial charge in [0, 0.05) is 36.7 Å². The first-order chi connectivity index (χ1) is 10.2. The molecule has 0 aliphatic carbocycles. The molecule has 0 spiro atoms. The van der Waals surface area contributed by atoms with Gasteiger partial charge in [0.1, 0.15) is 0 Å². The molecule has 0 bridgehead atoms. The van der Waals surface area contributed by atoms with Crippen molar-refractivity contribution in [1.82, 2.24) is 10.2 Å². The summed E-state index contributed by atoms with van der Waals surface area (Å²) in [5, 5.41) is 3.41. The molecule has 1 N–H and O–H groups in total. The molecule has 2 aromatic rings. The van der Waals surface area contributed by atoms with Gasteiger partial charge in [0.2, 0.25) is 0 Å². The lowest BCUT2D eigenvalue weighted by atomic mass is 10.0. The van der Waals surface area contributed by atoms with Crippen LogP contribution in [0.5, 0.6) is 0 Å². The van der Waals surface area contributed by atoms with E-state index in [1.54, 1.807) is 0 Å². The summed E-state index contributed by atoms with van der Waals surface area (Å²) in [4.78, 5) is 2.55. The van der Waals surface area contributed by atoms with Crippen molar-refractivity contribution in [2.75, 3.05) is 26.2 Å². The molecule has 2 nitrogen and oxygen atoms in total. The minimum atomic E-state index is 0.492. The Labute approximate surface area is 135 Å². The number of halogens is 1. The third-order valence-electron chi connectivity index (χ3n) is 4.27. The van der Waals surface area contributed by atoms with E-state index in [0.29, 0.717) is 6.04 Å². The van der Waals surface area contributed by atoms with Crippen molar-refractivity contribution in [2.24, 2.45) is 0 Å². The second kappa shape index (κ2) is 6.73. The second-order valence-electron chi connectivity index (χ2n) is 5.59. The highest BCUT2D eigenvalue weighted by atomic mass is 79.9. The Morgan fingerprint density at radius 3 is 2.00 bits per heavy atom. The van der Waals surface area contributed by atoms with E-state index in [9.17, 15) is 0 Å². The van der Waals surface area contributed by atoms with Gasteiger partial charge in [-0.3, -0.25) is 4.90 Å². The van der Waals surface area contributed by atoms with Crippen molar-refractivity contribution < 1.29 is 0 Å². The topological polar surface area (TPSA) is 15.3 Å². The fraction of sp³-hybridized carbons (Fsp3) is 0.333. The largest absolute Gasteiger partial charge is 0.314 e. The molecule has 1 saturated heterocycles. The minimum Gasteiger partial charge on any atom is -0.314 e. The zero-order valence-corrected chi connectivity index (χ0v) is 13.9. The van der Waals surface area contributed by atoms with E-state index in [1.165, 1.54) is 16.7 Å². The molecule has 0 radical (unpaired) electrons. The number of nitrogens with zero attached hydrogens (tertiary/aromatic N) is 1. The molecule has 1 aliphatic rings. The lowest BCUT2D eigenvalue weighted by Crippen LogP contribution is -2.44. The molecule has 110 valence electrons. The number of benzene rings is 2. The van der Waals surface area contributed by atoms with E-state index >= 15 is 0 Å². The number of piperazine rings is 1. The predicted octanol–water partition coefficient (Wildman–Crippen LogP) is 4.08. The van der Waals surface area contributed by atoms with Gasteiger partial charge >= 0.3 is 0 Å². The van der Waals surface area contributed by atoms with Crippen LogP contribution in [0.4, 0.5) is 0 Å². The van der Waals surface area contributed by atoms with Crippen molar-refractivity contribution in [3.05, 3.63) is 58.6 Å². The highest BCUT2D eigenvalue weighted by Crippen LogP contribution is 2.26. The maximum atomic E-state index is 3.48. The smallest absolute Gasteiger partial charge is 0.0320 e. The van der Waals surface area contributed by atoms with Crippen LogP contribution in [-0.2, 0) is 0 Å². The molecule has 0 amide bonds. The van der Waals surface area contributed by atoms with Crippen LogP contribution in [0.25, 0.3) is 11.1 Å². The summed E-state index contributed by atoms with van der Waals surface area (Å²) in [6.07, 6.45) is 0. The van der Waals surface area contributed by atoms with Crippen molar-refractivity contribution in [3.8, 4) is 11.1 Å². The number of rotatable bonds is 3. The average molecular weight is 345 g/mol. The molecule has 21 heavy (non-hydrogen) atoms. The van der Waals surface area contributed by atoms with Crippen LogP contribution in [0, 0.1) is 0 Å². The molecule has 1 atom stereocenters. The lowest BCUT2D eigenvalue weighted by molar-refractivity contribution is 0.185. The molecule has 1 fully saturated rings. The van der Waals surface area contributed by atoms with Crippen LogP contribution in [0.2, 0.25) is 0 Å². The summed E-state index contributed by atoms with van der Waals surface area (Å²) in [5.74, 6) is 0. The second-order valence-corrected chi connectivity index (χ2v) is 6.51. The Morgan fingerprint density at radius 1 is 0.905 bits per heavy atom. The summed E-state index contributed by atoms with van der Waals surface area (Å²) < 4.78 is 1.12. The van der Waals surface area contributed by atoms with Crippen molar-refractivity contribution in [3.63, 3.8) is 0 Å². The maximum Gasteiger partial charge on any atom is 0.0320 e. The Morgan fingerprint density at radius 2 is 1.43 bits per heavy atom. The van der Waals surface area contributed by atoms with E-state index in [1.807, 2.05) is 0 Å². The minimum absolute atomic E-state index is 0.492. The molecule has 0 saturated carbocycles. The molecular weight excluding hydrogens is 324 g/mol. The van der Waals surface area contributed by atoms with Crippen molar-refractivity contribution >= 4 is 15.9 Å². The van der Waals surface area contributed by atoms with Crippen LogP contribution in [0.3, 0.4) is 0 Å². The zero-order valence-electron chi connectivity index (χ0n) is 12.3. The van der Waals surface area contributed by atoms with Crippen molar-refractivity contribution in [2.45, 2.75) is 13.0 Å². The Hall–Kier alpha value is -1.16. The number of hydrogen-bond donors (Lipinski definition) is 1. The van der Waals surface area contributed by atoms with E-state index in [2.05, 4.69) is 81.6 Å². The molecule has 1 heterocycles. The Kier molecular flexibility index (Phi) is 4.73. The Bertz CT molecular complexity index is 571. The summed E-state index contributed by atoms with van der Waals surface area (Å²) in [7, 11) is 0. The summed E-state index contributed by atoms with van der Waals surface area (Å²) in [6, 6.07) is 18.0. The maximum absolute atomic E-state index is 3.48. The first-order valence-corrected chi connectivity index (χ1v) is 8.34. The molecule has 3 rings (SSSR count). The first-order valence-electron chi connectivity index (χ1n) is 7.55. The quantitative estimate of drug-likeness (QED) is 0.902. The monoisotopic (exact) mass is 344 g/mol. The molecular formula is C18H21BrN2. The molecule has 1 unspecified atom stereocenters. The Balaban J connectivity index is 1.75. The van der Waals surface area contributed by atoms with Gasteiger partial charge in [0.05, 0.1) is 0 Å². The fourth-order valence-electron chi connectivity index (χ4n) is 2.88. The zero-order chi connectivity index (χ0) is 14.7. The molecule has 3 heteroatoms. The highest BCUT2D eigenvalue weighted by Gasteiger charge is 2.17. The van der Waals surface area contributed by atoms with Gasteiger partial charge in [-0.2, -0.15) is 0 Å². The van der Waals surface area contributed by atoms with Gasteiger partial charge in [-0.05, 0) is 35.7 Å². The third kappa shape index (κ3) is 3.54. The molecule has 2 aromatic carbocycles. The third-order valence-corrected chi connectivity index (χ3v) is 4.80.